The van der Waals surface area contributed by atoms with E-state index in [1.807, 2.05) is 6.92 Å². The van der Waals surface area contributed by atoms with Gasteiger partial charge in [-0.05, 0) is 92.3 Å². The molecule has 8 atom stereocenters. The van der Waals surface area contributed by atoms with Crippen LogP contribution in [0.3, 0.4) is 0 Å². The maximum absolute atomic E-state index is 12.7. The van der Waals surface area contributed by atoms with E-state index < -0.39 is 0 Å². The van der Waals surface area contributed by atoms with Gasteiger partial charge in [-0.25, -0.2) is 0 Å². The fourth-order valence-electron chi connectivity index (χ4n) is 8.16. The Morgan fingerprint density at radius 1 is 1.19 bits per heavy atom. The van der Waals surface area contributed by atoms with Crippen molar-refractivity contribution < 1.29 is 9.90 Å². The molecule has 3 saturated carbocycles. The first kappa shape index (κ1) is 18.7. The maximum Gasteiger partial charge on any atom is 0.133 e. The number of hydrogen-bond acceptors (Lipinski definition) is 2. The molecule has 4 aliphatic rings. The number of fused-ring (bicyclic) bond motifs is 5. The lowest BCUT2D eigenvalue weighted by Crippen LogP contribution is -2.51. The molecular weight excluding hydrogens is 320 g/mol. The van der Waals surface area contributed by atoms with Crippen LogP contribution in [-0.2, 0) is 4.79 Å². The highest BCUT2D eigenvalue weighted by Gasteiger charge is 2.62. The van der Waals surface area contributed by atoms with Gasteiger partial charge in [-0.1, -0.05) is 39.3 Å². The van der Waals surface area contributed by atoms with Gasteiger partial charge in [0.15, 0.2) is 0 Å². The zero-order valence-electron chi connectivity index (χ0n) is 17.4. The molecule has 0 aliphatic heterocycles. The molecule has 0 aromatic carbocycles. The molecular formula is C24H38O2. The van der Waals surface area contributed by atoms with Crippen LogP contribution < -0.4 is 0 Å². The minimum absolute atomic E-state index is 0.126. The summed E-state index contributed by atoms with van der Waals surface area (Å²) in [6, 6.07) is 0. The van der Waals surface area contributed by atoms with E-state index in [2.05, 4.69) is 33.8 Å². The summed E-state index contributed by atoms with van der Waals surface area (Å²) < 4.78 is 0. The summed E-state index contributed by atoms with van der Waals surface area (Å²) in [7, 11) is 0. The van der Waals surface area contributed by atoms with Gasteiger partial charge in [0.25, 0.3) is 0 Å². The van der Waals surface area contributed by atoms with Crippen molar-refractivity contribution in [1.29, 1.82) is 0 Å². The molecule has 1 N–H and O–H groups in total. The Balaban J connectivity index is 1.69. The Morgan fingerprint density at radius 3 is 2.58 bits per heavy atom. The SMILES string of the molecule is CC(=O)[C@H]1[C@H](C(C)C)C[C@H]2[C@@H]3CC=C4C[C@@H](O)CC[C@]4(C)C3CC[C@@]21C. The van der Waals surface area contributed by atoms with Gasteiger partial charge in [-0.15, -0.1) is 0 Å². The zero-order valence-corrected chi connectivity index (χ0v) is 17.4. The zero-order chi connectivity index (χ0) is 18.9. The second-order valence-corrected chi connectivity index (χ2v) is 10.9. The molecule has 3 fully saturated rings. The fourth-order valence-corrected chi connectivity index (χ4v) is 8.16. The van der Waals surface area contributed by atoms with E-state index in [0.717, 1.165) is 31.1 Å². The van der Waals surface area contributed by atoms with E-state index in [4.69, 9.17) is 0 Å². The minimum atomic E-state index is -0.126. The van der Waals surface area contributed by atoms with Gasteiger partial charge >= 0.3 is 0 Å². The van der Waals surface area contributed by atoms with E-state index in [1.165, 1.54) is 25.7 Å². The van der Waals surface area contributed by atoms with Crippen LogP contribution >= 0.6 is 0 Å². The molecule has 0 aromatic rings. The number of allylic oxidation sites excluding steroid dienone is 1. The van der Waals surface area contributed by atoms with Crippen molar-refractivity contribution in [3.63, 3.8) is 0 Å². The first-order valence-electron chi connectivity index (χ1n) is 11.1. The standard InChI is InChI=1S/C24H38O2/c1-14(2)19-13-21-18-7-6-16-12-17(26)8-10-23(16,4)20(18)9-11-24(21,5)22(19)15(3)25/h6,14,17-22,26H,7-13H2,1-5H3/t17-,18+,19-,20?,21-,22-,23-,24-/m0/s1. The third-order valence-electron chi connectivity index (χ3n) is 9.47. The largest absolute Gasteiger partial charge is 0.393 e. The number of carbonyl (C=O) groups excluding carboxylic acids is 1. The lowest BCUT2D eigenvalue weighted by Gasteiger charge is -2.57. The minimum Gasteiger partial charge on any atom is -0.393 e. The molecule has 2 heteroatoms. The summed E-state index contributed by atoms with van der Waals surface area (Å²) in [5.74, 6) is 4.05. The van der Waals surface area contributed by atoms with Gasteiger partial charge in [0.2, 0.25) is 0 Å². The Morgan fingerprint density at radius 2 is 1.92 bits per heavy atom. The van der Waals surface area contributed by atoms with Crippen molar-refractivity contribution >= 4 is 5.78 Å². The molecule has 146 valence electrons. The molecule has 4 aliphatic carbocycles. The second kappa shape index (κ2) is 6.19. The molecule has 1 unspecified atom stereocenters. The molecule has 0 aromatic heterocycles. The third-order valence-corrected chi connectivity index (χ3v) is 9.47. The van der Waals surface area contributed by atoms with Crippen molar-refractivity contribution in [2.24, 2.45) is 46.3 Å². The van der Waals surface area contributed by atoms with Crippen LogP contribution in [0, 0.1) is 46.3 Å². The number of carbonyl (C=O) groups is 1. The molecule has 0 bridgehead atoms. The third kappa shape index (κ3) is 2.50. The Bertz CT molecular complexity index is 620. The molecule has 0 radical (unpaired) electrons. The molecule has 26 heavy (non-hydrogen) atoms. The number of hydrogen-bond donors (Lipinski definition) is 1. The topological polar surface area (TPSA) is 37.3 Å². The summed E-state index contributed by atoms with van der Waals surface area (Å²) in [6.07, 6.45) is 10.3. The summed E-state index contributed by atoms with van der Waals surface area (Å²) in [6.45, 7) is 11.4. The number of aliphatic hydroxyl groups excluding tert-OH is 1. The van der Waals surface area contributed by atoms with Crippen LogP contribution in [0.1, 0.15) is 79.6 Å². The first-order valence-corrected chi connectivity index (χ1v) is 11.1. The summed E-state index contributed by atoms with van der Waals surface area (Å²) >= 11 is 0. The maximum atomic E-state index is 12.7. The highest BCUT2D eigenvalue weighted by molar-refractivity contribution is 5.80. The van der Waals surface area contributed by atoms with E-state index in [-0.39, 0.29) is 17.4 Å². The second-order valence-electron chi connectivity index (χ2n) is 10.9. The number of ketones is 1. The monoisotopic (exact) mass is 358 g/mol. The van der Waals surface area contributed by atoms with Crippen molar-refractivity contribution in [1.82, 2.24) is 0 Å². The van der Waals surface area contributed by atoms with Gasteiger partial charge in [0.1, 0.15) is 5.78 Å². The molecule has 4 rings (SSSR count). The van der Waals surface area contributed by atoms with Crippen molar-refractivity contribution in [3.8, 4) is 0 Å². The molecule has 2 nitrogen and oxygen atoms in total. The number of rotatable bonds is 2. The van der Waals surface area contributed by atoms with E-state index in [9.17, 15) is 9.90 Å². The van der Waals surface area contributed by atoms with Crippen molar-refractivity contribution in [2.45, 2.75) is 85.7 Å². The Labute approximate surface area is 159 Å². The van der Waals surface area contributed by atoms with Crippen LogP contribution in [0.25, 0.3) is 0 Å². The highest BCUT2D eigenvalue weighted by Crippen LogP contribution is 2.68. The summed E-state index contributed by atoms with van der Waals surface area (Å²) in [4.78, 5) is 12.7. The van der Waals surface area contributed by atoms with E-state index in [0.29, 0.717) is 29.0 Å². The number of aliphatic hydroxyl groups is 1. The quantitative estimate of drug-likeness (QED) is 0.671. The lowest BCUT2D eigenvalue weighted by atomic mass is 9.47. The van der Waals surface area contributed by atoms with Gasteiger partial charge < -0.3 is 5.11 Å². The molecule has 0 spiro atoms. The number of Topliss-reactive ketones (excluding diaryl/α,β-unsaturated/α-hetero) is 1. The first-order chi connectivity index (χ1) is 12.2. The predicted octanol–water partition coefficient (Wildman–Crippen LogP) is 5.40. The predicted molar refractivity (Wildman–Crippen MR) is 106 cm³/mol. The Hall–Kier alpha value is -0.630. The van der Waals surface area contributed by atoms with E-state index >= 15 is 0 Å². The van der Waals surface area contributed by atoms with Crippen LogP contribution in [0.15, 0.2) is 11.6 Å². The van der Waals surface area contributed by atoms with Gasteiger partial charge in [-0.2, -0.15) is 0 Å². The van der Waals surface area contributed by atoms with Crippen LogP contribution in [0.2, 0.25) is 0 Å². The lowest BCUT2D eigenvalue weighted by molar-refractivity contribution is -0.129. The normalized spacial score (nSPS) is 50.7. The van der Waals surface area contributed by atoms with Crippen LogP contribution in [0.5, 0.6) is 0 Å². The van der Waals surface area contributed by atoms with Crippen LogP contribution in [0.4, 0.5) is 0 Å². The van der Waals surface area contributed by atoms with Gasteiger partial charge in [-0.3, -0.25) is 4.79 Å². The Kier molecular flexibility index (Phi) is 4.46. The molecule has 0 saturated heterocycles. The molecule has 0 heterocycles. The molecule has 0 amide bonds. The van der Waals surface area contributed by atoms with Gasteiger partial charge in [0, 0.05) is 5.92 Å². The smallest absolute Gasteiger partial charge is 0.133 e. The fraction of sp³-hybridized carbons (Fsp3) is 0.875. The summed E-state index contributed by atoms with van der Waals surface area (Å²) in [5.41, 5.74) is 2.05. The van der Waals surface area contributed by atoms with Gasteiger partial charge in [0.05, 0.1) is 6.10 Å². The summed E-state index contributed by atoms with van der Waals surface area (Å²) in [5, 5.41) is 10.2. The highest BCUT2D eigenvalue weighted by atomic mass is 16.3. The van der Waals surface area contributed by atoms with Crippen LogP contribution in [-0.4, -0.2) is 17.0 Å². The average Bonchev–Trinajstić information content (AvgIpc) is 2.89. The van der Waals surface area contributed by atoms with E-state index in [1.54, 1.807) is 5.57 Å². The van der Waals surface area contributed by atoms with Crippen molar-refractivity contribution in [2.75, 3.05) is 0 Å². The van der Waals surface area contributed by atoms with Crippen molar-refractivity contribution in [3.05, 3.63) is 11.6 Å². The average molecular weight is 359 g/mol.